The van der Waals surface area contributed by atoms with Gasteiger partial charge in [0.05, 0.1) is 12.2 Å². The Morgan fingerprint density at radius 3 is 1.79 bits per heavy atom. The van der Waals surface area contributed by atoms with E-state index in [-0.39, 0.29) is 63.7 Å². The smallest absolute Gasteiger partial charge is 0.404 e. The highest BCUT2D eigenvalue weighted by molar-refractivity contribution is 6.74. The lowest BCUT2D eigenvalue weighted by Crippen LogP contribution is -2.50. The van der Waals surface area contributed by atoms with Gasteiger partial charge in [-0.05, 0) is 86.1 Å². The molecule has 1 fully saturated rings. The minimum absolute atomic E-state index is 0.00650. The van der Waals surface area contributed by atoms with Gasteiger partial charge in [0.2, 0.25) is 5.91 Å². The highest BCUT2D eigenvalue weighted by atomic mass is 28.4. The molecule has 1 aliphatic rings. The molecule has 0 aromatic heterocycles. The second-order valence-electron chi connectivity index (χ2n) is 19.9. The zero-order chi connectivity index (χ0) is 41.1. The summed E-state index contributed by atoms with van der Waals surface area (Å²) in [4.78, 5) is 25.5. The summed E-state index contributed by atoms with van der Waals surface area (Å²) in [7, 11) is -4.34. The fraction of sp³-hybridized carbons (Fsp3) is 0.818. The maximum atomic E-state index is 13.4. The SMILES string of the molecule is C=CC=CC(C)C(OC(N)=O)C(C)C(O[Si](C)(C)C(C)(C)C)C(C)CC(C)=CC(C)C(O[Si](C)(C)C(C)(C)C)C(C)CNC(=O)C(C)C1CCCCC1. The lowest BCUT2D eigenvalue weighted by molar-refractivity contribution is -0.126. The van der Waals surface area contributed by atoms with Crippen molar-refractivity contribution >= 4 is 28.6 Å². The Morgan fingerprint density at radius 2 is 1.32 bits per heavy atom. The Balaban J connectivity index is 3.44. The first-order valence-electron chi connectivity index (χ1n) is 20.7. The van der Waals surface area contributed by atoms with Crippen LogP contribution in [0.3, 0.4) is 0 Å². The van der Waals surface area contributed by atoms with Crippen molar-refractivity contribution < 1.29 is 23.2 Å². The highest BCUT2D eigenvalue weighted by Crippen LogP contribution is 2.42. The van der Waals surface area contributed by atoms with Crippen molar-refractivity contribution in [3.05, 3.63) is 36.5 Å². The van der Waals surface area contributed by atoms with Gasteiger partial charge in [-0.3, -0.25) is 4.79 Å². The molecule has 3 N–H and O–H groups in total. The number of nitrogens with one attached hydrogen (secondary N) is 1. The fourth-order valence-corrected chi connectivity index (χ4v) is 10.5. The maximum Gasteiger partial charge on any atom is 0.404 e. The van der Waals surface area contributed by atoms with Crippen LogP contribution in [0.15, 0.2) is 36.5 Å². The normalized spacial score (nSPS) is 20.8. The number of carbonyl (C=O) groups is 2. The van der Waals surface area contributed by atoms with E-state index in [1.807, 2.05) is 19.1 Å². The molecule has 7 nitrogen and oxygen atoms in total. The zero-order valence-corrected chi connectivity index (χ0v) is 39.4. The van der Waals surface area contributed by atoms with Crippen molar-refractivity contribution in [1.82, 2.24) is 5.32 Å². The van der Waals surface area contributed by atoms with Gasteiger partial charge in [-0.25, -0.2) is 4.79 Å². The van der Waals surface area contributed by atoms with E-state index in [9.17, 15) is 9.59 Å². The molecule has 0 aromatic rings. The van der Waals surface area contributed by atoms with Gasteiger partial charge in [0.25, 0.3) is 0 Å². The summed E-state index contributed by atoms with van der Waals surface area (Å²) in [6.07, 6.45) is 13.5. The van der Waals surface area contributed by atoms with E-state index < -0.39 is 28.8 Å². The van der Waals surface area contributed by atoms with Crippen LogP contribution in [0.5, 0.6) is 0 Å². The number of nitrogens with two attached hydrogens (primary N) is 1. The van der Waals surface area contributed by atoms with Crippen LogP contribution in [0.1, 0.15) is 129 Å². The second-order valence-corrected chi connectivity index (χ2v) is 29.4. The molecule has 53 heavy (non-hydrogen) atoms. The molecule has 1 aliphatic carbocycles. The van der Waals surface area contributed by atoms with Gasteiger partial charge in [0, 0.05) is 24.3 Å². The number of carbonyl (C=O) groups excluding carboxylic acids is 2. The average molecular weight is 777 g/mol. The predicted molar refractivity (Wildman–Crippen MR) is 231 cm³/mol. The molecule has 0 aromatic carbocycles. The van der Waals surface area contributed by atoms with Gasteiger partial charge >= 0.3 is 6.09 Å². The van der Waals surface area contributed by atoms with Crippen molar-refractivity contribution in [3.8, 4) is 0 Å². The Morgan fingerprint density at radius 1 is 0.811 bits per heavy atom. The molecule has 0 aliphatic heterocycles. The summed E-state index contributed by atoms with van der Waals surface area (Å²) in [6, 6.07) is 0. The number of primary amides is 1. The molecule has 9 atom stereocenters. The molecule has 0 spiro atoms. The van der Waals surface area contributed by atoms with E-state index in [1.165, 1.54) is 24.8 Å². The standard InChI is InChI=1S/C44H84N2O5Si2/c1-19-20-24-31(3)39(49-42(45)48)36(8)40(51-53(17,18)44(12,13)14)33(5)28-30(2)27-32(4)38(50-52(15,16)43(9,10)11)34(6)29-46-41(47)35(7)37-25-22-21-23-26-37/h19-20,24,27,31-40H,1,21-23,25-26,28-29H2,2-18H3,(H2,45,48)(H,46,47). The molecule has 1 rings (SSSR count). The van der Waals surface area contributed by atoms with Crippen LogP contribution in [0.4, 0.5) is 4.79 Å². The van der Waals surface area contributed by atoms with Crippen LogP contribution in [0.25, 0.3) is 0 Å². The summed E-state index contributed by atoms with van der Waals surface area (Å²) in [5.74, 6) is 0.914. The predicted octanol–water partition coefficient (Wildman–Crippen LogP) is 11.8. The summed E-state index contributed by atoms with van der Waals surface area (Å²) in [5, 5.41) is 3.40. The van der Waals surface area contributed by atoms with Crippen molar-refractivity contribution in [3.63, 3.8) is 0 Å². The van der Waals surface area contributed by atoms with E-state index in [0.29, 0.717) is 12.5 Å². The van der Waals surface area contributed by atoms with Gasteiger partial charge in [0.1, 0.15) is 6.10 Å². The average Bonchev–Trinajstić information content (AvgIpc) is 3.04. The monoisotopic (exact) mass is 777 g/mol. The highest BCUT2D eigenvalue weighted by Gasteiger charge is 2.45. The molecule has 0 heterocycles. The Labute approximate surface area is 329 Å². The lowest BCUT2D eigenvalue weighted by Gasteiger charge is -2.45. The molecule has 0 saturated heterocycles. The Kier molecular flexibility index (Phi) is 19.6. The van der Waals surface area contributed by atoms with Crippen LogP contribution in [0, 0.1) is 41.4 Å². The quantitative estimate of drug-likeness (QED) is 0.0728. The molecule has 9 unspecified atom stereocenters. The summed E-state index contributed by atoms with van der Waals surface area (Å²) in [6.45, 7) is 42.5. The molecular weight excluding hydrogens is 693 g/mol. The largest absolute Gasteiger partial charge is 0.445 e. The van der Waals surface area contributed by atoms with E-state index >= 15 is 0 Å². The molecule has 1 saturated carbocycles. The van der Waals surface area contributed by atoms with Gasteiger partial charge < -0.3 is 24.6 Å². The summed E-state index contributed by atoms with van der Waals surface area (Å²) < 4.78 is 20.3. The third-order valence-corrected chi connectivity index (χ3v) is 22.0. The summed E-state index contributed by atoms with van der Waals surface area (Å²) in [5.41, 5.74) is 6.91. The zero-order valence-electron chi connectivity index (χ0n) is 37.4. The minimum atomic E-state index is -2.21. The van der Waals surface area contributed by atoms with Crippen LogP contribution >= 0.6 is 0 Å². The van der Waals surface area contributed by atoms with Crippen LogP contribution < -0.4 is 11.1 Å². The van der Waals surface area contributed by atoms with E-state index in [2.05, 4.69) is 127 Å². The van der Waals surface area contributed by atoms with Crippen LogP contribution in [-0.2, 0) is 18.4 Å². The van der Waals surface area contributed by atoms with Gasteiger partial charge in [0.15, 0.2) is 16.6 Å². The maximum absolute atomic E-state index is 13.4. The lowest BCUT2D eigenvalue weighted by atomic mass is 9.80. The first kappa shape index (κ1) is 49.3. The topological polar surface area (TPSA) is 99.9 Å². The van der Waals surface area contributed by atoms with E-state index in [1.54, 1.807) is 6.08 Å². The number of hydrogen-bond acceptors (Lipinski definition) is 5. The van der Waals surface area contributed by atoms with Crippen molar-refractivity contribution in [1.29, 1.82) is 0 Å². The Bertz CT molecular complexity index is 1210. The molecule has 0 bridgehead atoms. The first-order chi connectivity index (χ1) is 24.2. The van der Waals surface area contributed by atoms with Crippen LogP contribution in [0.2, 0.25) is 36.3 Å². The molecule has 308 valence electrons. The van der Waals surface area contributed by atoms with E-state index in [0.717, 1.165) is 19.3 Å². The molecule has 0 radical (unpaired) electrons. The summed E-state index contributed by atoms with van der Waals surface area (Å²) >= 11 is 0. The first-order valence-corrected chi connectivity index (χ1v) is 26.5. The molecule has 9 heteroatoms. The van der Waals surface area contributed by atoms with Crippen molar-refractivity contribution in [2.75, 3.05) is 6.54 Å². The third kappa shape index (κ3) is 15.4. The number of ether oxygens (including phenoxy) is 1. The van der Waals surface area contributed by atoms with Gasteiger partial charge in [-0.15, -0.1) is 0 Å². The van der Waals surface area contributed by atoms with Crippen molar-refractivity contribution in [2.24, 2.45) is 47.2 Å². The fourth-order valence-electron chi connectivity index (χ4n) is 7.52. The van der Waals surface area contributed by atoms with E-state index in [4.69, 9.17) is 19.3 Å². The number of hydrogen-bond donors (Lipinski definition) is 2. The Hall–Kier alpha value is -1.69. The van der Waals surface area contributed by atoms with Gasteiger partial charge in [-0.1, -0.05) is 139 Å². The molecule has 2 amide bonds. The third-order valence-electron chi connectivity index (χ3n) is 13.0. The van der Waals surface area contributed by atoms with Crippen LogP contribution in [-0.4, -0.2) is 53.5 Å². The van der Waals surface area contributed by atoms with Gasteiger partial charge in [-0.2, -0.15) is 0 Å². The van der Waals surface area contributed by atoms with Crippen molar-refractivity contribution in [2.45, 2.75) is 183 Å². The number of amides is 2. The molecular formula is C44H84N2O5Si2. The second kappa shape index (κ2) is 21.0. The number of allylic oxidation sites excluding steroid dienone is 3. The minimum Gasteiger partial charge on any atom is -0.445 e. The number of rotatable bonds is 20.